The van der Waals surface area contributed by atoms with E-state index < -0.39 is 10.9 Å². The third kappa shape index (κ3) is 8.82. The van der Waals surface area contributed by atoms with Gasteiger partial charge in [-0.05, 0) is 55.2 Å². The number of benzene rings is 2. The number of hydrogen-bond acceptors (Lipinski definition) is 4. The third-order valence-corrected chi connectivity index (χ3v) is 4.94. The number of aliphatic imine (C=N–C) groups is 1. The Morgan fingerprint density at radius 3 is 2.32 bits per heavy atom. The molecule has 0 aliphatic heterocycles. The fraction of sp³-hybridized carbons (Fsp3) is 0.304. The summed E-state index contributed by atoms with van der Waals surface area (Å²) < 4.78 is 9.89. The Morgan fingerprint density at radius 2 is 1.74 bits per heavy atom. The van der Waals surface area contributed by atoms with Gasteiger partial charge in [0.25, 0.3) is 0 Å². The van der Waals surface area contributed by atoms with E-state index in [2.05, 4.69) is 14.6 Å². The van der Waals surface area contributed by atoms with Crippen molar-refractivity contribution in [3.8, 4) is 5.75 Å². The molecule has 1 N–H and O–H groups in total. The van der Waals surface area contributed by atoms with Crippen molar-refractivity contribution in [1.29, 1.82) is 0 Å². The van der Waals surface area contributed by atoms with Crippen LogP contribution in [0.25, 0.3) is 0 Å². The van der Waals surface area contributed by atoms with Gasteiger partial charge < -0.3 is 14.3 Å². The summed E-state index contributed by atoms with van der Waals surface area (Å²) >= 11 is 16.7. The van der Waals surface area contributed by atoms with Crippen molar-refractivity contribution in [3.05, 3.63) is 77.0 Å². The van der Waals surface area contributed by atoms with E-state index in [1.165, 1.54) is 0 Å². The summed E-state index contributed by atoms with van der Waals surface area (Å²) in [6.07, 6.45) is 1.72. The van der Waals surface area contributed by atoms with Crippen LogP contribution in [0.5, 0.6) is 5.75 Å². The lowest BCUT2D eigenvalue weighted by atomic mass is 10.1. The van der Waals surface area contributed by atoms with Crippen molar-refractivity contribution in [2.75, 3.05) is 6.61 Å². The van der Waals surface area contributed by atoms with Gasteiger partial charge in [-0.2, -0.15) is 0 Å². The van der Waals surface area contributed by atoms with E-state index in [1.54, 1.807) is 6.20 Å². The van der Waals surface area contributed by atoms with E-state index in [9.17, 15) is 4.79 Å². The number of rotatable bonds is 9. The Labute approximate surface area is 198 Å². The fourth-order valence-electron chi connectivity index (χ4n) is 2.71. The number of nitrogens with zero attached hydrogens (tertiary/aromatic N) is 1. The number of hydrogen-bond donors (Lipinski definition) is 1. The second-order valence-electron chi connectivity index (χ2n) is 7.07. The van der Waals surface area contributed by atoms with Crippen LogP contribution in [0.15, 0.2) is 65.3 Å². The highest BCUT2D eigenvalue weighted by Gasteiger charge is 2.10. The van der Waals surface area contributed by atoms with E-state index in [4.69, 9.17) is 39.8 Å². The van der Waals surface area contributed by atoms with Gasteiger partial charge >= 0.3 is 6.09 Å². The topological polar surface area (TPSA) is 59.9 Å². The summed E-state index contributed by atoms with van der Waals surface area (Å²) in [5, 5.41) is 2.60. The zero-order valence-electron chi connectivity index (χ0n) is 17.6. The van der Waals surface area contributed by atoms with Gasteiger partial charge in [0, 0.05) is 18.3 Å². The molecule has 0 aliphatic rings. The number of alkyl halides is 2. The molecule has 0 saturated heterocycles. The summed E-state index contributed by atoms with van der Waals surface area (Å²) in [6, 6.07) is 15.2. The molecule has 0 bridgehead atoms. The molecule has 1 atom stereocenters. The van der Waals surface area contributed by atoms with Crippen LogP contribution in [-0.2, 0) is 10.7 Å². The molecule has 0 aromatic heterocycles. The maximum atomic E-state index is 11.2. The van der Waals surface area contributed by atoms with E-state index in [0.717, 1.165) is 33.7 Å². The average Bonchev–Trinajstić information content (AvgIpc) is 2.76. The lowest BCUT2D eigenvalue weighted by Crippen LogP contribution is -2.25. The van der Waals surface area contributed by atoms with Gasteiger partial charge in [0.1, 0.15) is 29.1 Å². The maximum Gasteiger partial charge on any atom is 0.425 e. The number of amides is 1. The van der Waals surface area contributed by atoms with Gasteiger partial charge in [0.15, 0.2) is 0 Å². The van der Waals surface area contributed by atoms with Crippen LogP contribution >= 0.6 is 35.1 Å². The Morgan fingerprint density at radius 1 is 1.10 bits per heavy atom. The predicted molar refractivity (Wildman–Crippen MR) is 127 cm³/mol. The lowest BCUT2D eigenvalue weighted by molar-refractivity contribution is 0.201. The first-order chi connectivity index (χ1) is 14.8. The van der Waals surface area contributed by atoms with E-state index in [0.29, 0.717) is 13.0 Å². The predicted octanol–water partition coefficient (Wildman–Crippen LogP) is 6.77. The summed E-state index contributed by atoms with van der Waals surface area (Å²) in [5.74, 6) is 0.719. The van der Waals surface area contributed by atoms with Gasteiger partial charge in [-0.15, -0.1) is 23.2 Å². The van der Waals surface area contributed by atoms with Crippen LogP contribution in [0.3, 0.4) is 0 Å². The molecule has 2 aromatic carbocycles. The van der Waals surface area contributed by atoms with Crippen molar-refractivity contribution >= 4 is 46.9 Å². The standard InChI is InChI=1S/C23H25Cl3N2O3/c1-15(13-27-16(2)19-6-4-18(5-7-19)12-22(24)25)14-30-21-10-8-20(9-11-21)17(3)28-23(29)31-26/h4-11,13,17,22H,12,14H2,1-3H3,(H,28,29)/b15-13+,27-16?. The minimum absolute atomic E-state index is 0.236. The normalized spacial score (nSPS) is 13.1. The minimum atomic E-state index is -0.693. The number of carbonyl (C=O) groups is 1. The first-order valence-corrected chi connectivity index (χ1v) is 10.9. The number of nitrogens with one attached hydrogen (secondary N) is 1. The van der Waals surface area contributed by atoms with Crippen molar-refractivity contribution in [2.45, 2.75) is 38.1 Å². The highest BCUT2D eigenvalue weighted by atomic mass is 35.5. The molecular formula is C23H25Cl3N2O3. The summed E-state index contributed by atoms with van der Waals surface area (Å²) in [5.41, 5.74) is 4.90. The Hall–Kier alpha value is -2.21. The van der Waals surface area contributed by atoms with Gasteiger partial charge in [-0.1, -0.05) is 36.4 Å². The highest BCUT2D eigenvalue weighted by molar-refractivity contribution is 6.44. The molecular weight excluding hydrogens is 459 g/mol. The Bertz CT molecular complexity index is 911. The van der Waals surface area contributed by atoms with E-state index in [1.807, 2.05) is 69.3 Å². The molecule has 5 nitrogen and oxygen atoms in total. The van der Waals surface area contributed by atoms with Crippen molar-refractivity contribution in [2.24, 2.45) is 4.99 Å². The molecule has 0 radical (unpaired) electrons. The lowest BCUT2D eigenvalue weighted by Gasteiger charge is -2.13. The zero-order chi connectivity index (χ0) is 22.8. The van der Waals surface area contributed by atoms with Crippen LogP contribution in [-0.4, -0.2) is 23.2 Å². The van der Waals surface area contributed by atoms with Crippen molar-refractivity contribution in [1.82, 2.24) is 5.32 Å². The number of halogens is 3. The third-order valence-electron chi connectivity index (χ3n) is 4.49. The average molecular weight is 484 g/mol. The molecule has 0 heterocycles. The maximum absolute atomic E-state index is 11.2. The van der Waals surface area contributed by atoms with Crippen LogP contribution in [0.1, 0.15) is 43.5 Å². The fourth-order valence-corrected chi connectivity index (χ4v) is 3.11. The monoisotopic (exact) mass is 482 g/mol. The van der Waals surface area contributed by atoms with Gasteiger partial charge in [-0.25, -0.2) is 4.79 Å². The molecule has 0 saturated carbocycles. The first-order valence-electron chi connectivity index (χ1n) is 9.68. The van der Waals surface area contributed by atoms with Crippen molar-refractivity contribution in [3.63, 3.8) is 0 Å². The molecule has 0 fully saturated rings. The van der Waals surface area contributed by atoms with Crippen molar-refractivity contribution < 1.29 is 13.8 Å². The quantitative estimate of drug-likeness (QED) is 0.316. The molecule has 0 aliphatic carbocycles. The number of carbonyl (C=O) groups excluding carboxylic acids is 1. The molecule has 1 unspecified atom stereocenters. The highest BCUT2D eigenvalue weighted by Crippen LogP contribution is 2.18. The summed E-state index contributed by atoms with van der Waals surface area (Å²) in [4.78, 5) is 15.3. The van der Waals surface area contributed by atoms with Crippen LogP contribution in [0, 0.1) is 0 Å². The van der Waals surface area contributed by atoms with E-state index >= 15 is 0 Å². The second-order valence-corrected chi connectivity index (χ2v) is 8.50. The largest absolute Gasteiger partial charge is 0.489 e. The molecule has 2 aromatic rings. The zero-order valence-corrected chi connectivity index (χ0v) is 19.8. The van der Waals surface area contributed by atoms with Gasteiger partial charge in [0.05, 0.1) is 6.04 Å². The molecule has 31 heavy (non-hydrogen) atoms. The summed E-state index contributed by atoms with van der Waals surface area (Å²) in [6.45, 7) is 6.16. The first kappa shape index (κ1) is 25.1. The molecule has 8 heteroatoms. The SMILES string of the molecule is CC(=N/C=C(\C)COc1ccc(C(C)NC(=O)OCl)cc1)c1ccc(CC(Cl)Cl)cc1. The Balaban J connectivity index is 1.89. The minimum Gasteiger partial charge on any atom is -0.489 e. The van der Waals surface area contributed by atoms with Gasteiger partial charge in [-0.3, -0.25) is 4.99 Å². The molecule has 1 amide bonds. The van der Waals surface area contributed by atoms with Gasteiger partial charge in [0.2, 0.25) is 0 Å². The molecule has 2 rings (SSSR count). The smallest absolute Gasteiger partial charge is 0.425 e. The van der Waals surface area contributed by atoms with Crippen LogP contribution in [0.2, 0.25) is 0 Å². The van der Waals surface area contributed by atoms with E-state index in [-0.39, 0.29) is 6.04 Å². The Kier molecular flexibility index (Phi) is 10.2. The second kappa shape index (κ2) is 12.6. The van der Waals surface area contributed by atoms with Crippen LogP contribution in [0.4, 0.5) is 4.79 Å². The molecule has 0 spiro atoms. The summed E-state index contributed by atoms with van der Waals surface area (Å²) in [7, 11) is 0. The molecule has 166 valence electrons. The number of ether oxygens (including phenoxy) is 1. The van der Waals surface area contributed by atoms with Crippen LogP contribution < -0.4 is 10.1 Å².